The quantitative estimate of drug-likeness (QED) is 0.729. The van der Waals surface area contributed by atoms with Crippen LogP contribution in [0.5, 0.6) is 5.75 Å². The molecule has 2 aromatic rings. The molecule has 0 spiro atoms. The molecule has 26 heavy (non-hydrogen) atoms. The molecule has 1 saturated heterocycles. The van der Waals surface area contributed by atoms with Crippen LogP contribution in [-0.2, 0) is 21.2 Å². The summed E-state index contributed by atoms with van der Waals surface area (Å²) in [4.78, 5) is 13.6. The molecule has 1 heterocycles. The minimum Gasteiger partial charge on any atom is -0.508 e. The number of nitrogens with zero attached hydrogens (tertiary/aromatic N) is 1. The topological polar surface area (TPSA) is 86.7 Å². The summed E-state index contributed by atoms with van der Waals surface area (Å²) in [6, 6.07) is 13.3. The number of carbonyl (C=O) groups excluding carboxylic acids is 1. The van der Waals surface area contributed by atoms with Crippen molar-refractivity contribution in [2.45, 2.75) is 30.6 Å². The van der Waals surface area contributed by atoms with E-state index in [1.54, 1.807) is 29.2 Å². The first-order valence-electron chi connectivity index (χ1n) is 8.64. The normalized spacial score (nSPS) is 14.8. The van der Waals surface area contributed by atoms with Crippen molar-refractivity contribution in [1.29, 1.82) is 0 Å². The van der Waals surface area contributed by atoms with Crippen molar-refractivity contribution in [3.05, 3.63) is 54.1 Å². The van der Waals surface area contributed by atoms with Gasteiger partial charge in [0.1, 0.15) is 5.75 Å². The zero-order valence-electron chi connectivity index (χ0n) is 14.4. The highest BCUT2D eigenvalue weighted by atomic mass is 32.2. The van der Waals surface area contributed by atoms with E-state index >= 15 is 0 Å². The number of anilines is 1. The molecule has 0 unspecified atom stereocenters. The van der Waals surface area contributed by atoms with Gasteiger partial charge in [0.2, 0.25) is 15.9 Å². The van der Waals surface area contributed by atoms with Crippen molar-refractivity contribution in [2.24, 2.45) is 0 Å². The first kappa shape index (κ1) is 18.4. The largest absolute Gasteiger partial charge is 0.508 e. The first-order chi connectivity index (χ1) is 12.5. The number of rotatable bonds is 7. The maximum absolute atomic E-state index is 12.4. The average Bonchev–Trinajstić information content (AvgIpc) is 3.06. The molecule has 1 aliphatic heterocycles. The number of aromatic hydroxyl groups is 1. The van der Waals surface area contributed by atoms with E-state index in [2.05, 4.69) is 4.72 Å². The minimum absolute atomic E-state index is 0.0768. The third-order valence-electron chi connectivity index (χ3n) is 4.40. The van der Waals surface area contributed by atoms with Crippen LogP contribution in [0.1, 0.15) is 24.8 Å². The zero-order valence-corrected chi connectivity index (χ0v) is 15.2. The van der Waals surface area contributed by atoms with Crippen molar-refractivity contribution < 1.29 is 18.3 Å². The number of hydrogen-bond acceptors (Lipinski definition) is 4. The molecular weight excluding hydrogens is 352 g/mol. The van der Waals surface area contributed by atoms with Gasteiger partial charge in [-0.25, -0.2) is 13.1 Å². The molecule has 0 bridgehead atoms. The van der Waals surface area contributed by atoms with Gasteiger partial charge < -0.3 is 10.0 Å². The molecule has 1 amide bonds. The second kappa shape index (κ2) is 7.88. The van der Waals surface area contributed by atoms with Crippen LogP contribution in [0.2, 0.25) is 0 Å². The van der Waals surface area contributed by atoms with Gasteiger partial charge in [0, 0.05) is 25.2 Å². The monoisotopic (exact) mass is 374 g/mol. The molecule has 0 saturated carbocycles. The number of carbonyl (C=O) groups is 1. The minimum atomic E-state index is -3.57. The Hall–Kier alpha value is -2.38. The van der Waals surface area contributed by atoms with E-state index in [0.717, 1.165) is 24.1 Å². The van der Waals surface area contributed by atoms with E-state index in [0.29, 0.717) is 25.9 Å². The molecule has 1 fully saturated rings. The maximum atomic E-state index is 12.4. The van der Waals surface area contributed by atoms with Gasteiger partial charge in [0.25, 0.3) is 0 Å². The van der Waals surface area contributed by atoms with Crippen LogP contribution in [0.25, 0.3) is 0 Å². The van der Waals surface area contributed by atoms with Crippen LogP contribution in [0.4, 0.5) is 5.69 Å². The number of nitrogens with one attached hydrogen (secondary N) is 1. The van der Waals surface area contributed by atoms with Crippen LogP contribution in [0.3, 0.4) is 0 Å². The van der Waals surface area contributed by atoms with Gasteiger partial charge in [0.15, 0.2) is 0 Å². The summed E-state index contributed by atoms with van der Waals surface area (Å²) in [6.45, 7) is 1.01. The highest BCUT2D eigenvalue weighted by Gasteiger charge is 2.22. The van der Waals surface area contributed by atoms with Gasteiger partial charge in [-0.2, -0.15) is 0 Å². The Morgan fingerprint density at radius 3 is 2.35 bits per heavy atom. The number of hydrogen-bond donors (Lipinski definition) is 2. The lowest BCUT2D eigenvalue weighted by Gasteiger charge is -2.16. The summed E-state index contributed by atoms with van der Waals surface area (Å²) in [5.41, 5.74) is 1.78. The third kappa shape index (κ3) is 4.42. The van der Waals surface area contributed by atoms with Crippen molar-refractivity contribution in [1.82, 2.24) is 4.72 Å². The van der Waals surface area contributed by atoms with Crippen molar-refractivity contribution >= 4 is 21.6 Å². The maximum Gasteiger partial charge on any atom is 0.240 e. The second-order valence-electron chi connectivity index (χ2n) is 6.31. The zero-order chi connectivity index (χ0) is 18.6. The lowest BCUT2D eigenvalue weighted by molar-refractivity contribution is -0.117. The Morgan fingerprint density at radius 2 is 1.73 bits per heavy atom. The van der Waals surface area contributed by atoms with E-state index in [-0.39, 0.29) is 16.6 Å². The lowest BCUT2D eigenvalue weighted by atomic mass is 10.1. The molecule has 0 aliphatic carbocycles. The highest BCUT2D eigenvalue weighted by Crippen LogP contribution is 2.23. The van der Waals surface area contributed by atoms with Crippen LogP contribution in [0, 0.1) is 0 Å². The molecule has 3 rings (SSSR count). The summed E-state index contributed by atoms with van der Waals surface area (Å²) in [5, 5.41) is 9.25. The van der Waals surface area contributed by atoms with Gasteiger partial charge in [-0.1, -0.05) is 12.1 Å². The van der Waals surface area contributed by atoms with E-state index in [4.69, 9.17) is 0 Å². The predicted octanol–water partition coefficient (Wildman–Crippen LogP) is 2.43. The first-order valence-corrected chi connectivity index (χ1v) is 10.1. The molecular formula is C19H22N2O4S. The summed E-state index contributed by atoms with van der Waals surface area (Å²) in [6.07, 6.45) is 2.76. The fourth-order valence-electron chi connectivity index (χ4n) is 2.97. The molecule has 1 aliphatic rings. The number of phenols is 1. The van der Waals surface area contributed by atoms with Crippen molar-refractivity contribution in [2.75, 3.05) is 18.0 Å². The lowest BCUT2D eigenvalue weighted by Crippen LogP contribution is -2.26. The van der Waals surface area contributed by atoms with E-state index < -0.39 is 10.0 Å². The van der Waals surface area contributed by atoms with Gasteiger partial charge >= 0.3 is 0 Å². The number of benzene rings is 2. The Kier molecular flexibility index (Phi) is 5.58. The Bertz CT molecular complexity index is 861. The van der Waals surface area contributed by atoms with Gasteiger partial charge in [-0.3, -0.25) is 4.79 Å². The van der Waals surface area contributed by atoms with Crippen LogP contribution in [-0.4, -0.2) is 32.5 Å². The third-order valence-corrected chi connectivity index (χ3v) is 5.88. The van der Waals surface area contributed by atoms with E-state index in [1.165, 1.54) is 12.1 Å². The summed E-state index contributed by atoms with van der Waals surface area (Å²) >= 11 is 0. The van der Waals surface area contributed by atoms with Crippen LogP contribution < -0.4 is 9.62 Å². The van der Waals surface area contributed by atoms with E-state index in [9.17, 15) is 18.3 Å². The smallest absolute Gasteiger partial charge is 0.240 e. The number of aryl methyl sites for hydroxylation is 1. The molecule has 0 aromatic heterocycles. The number of sulfonamides is 1. The summed E-state index contributed by atoms with van der Waals surface area (Å²) < 4.78 is 27.3. The van der Waals surface area contributed by atoms with Gasteiger partial charge in [-0.15, -0.1) is 0 Å². The number of phenolic OH excluding ortho intramolecular Hbond substituents is 1. The average molecular weight is 374 g/mol. The van der Waals surface area contributed by atoms with Gasteiger partial charge in [0.05, 0.1) is 4.90 Å². The fourth-order valence-corrected chi connectivity index (χ4v) is 4.05. The Labute approximate surface area is 153 Å². The van der Waals surface area contributed by atoms with Gasteiger partial charge in [-0.05, 0) is 61.2 Å². The second-order valence-corrected chi connectivity index (χ2v) is 8.08. The molecule has 2 N–H and O–H groups in total. The Morgan fingerprint density at radius 1 is 1.04 bits per heavy atom. The van der Waals surface area contributed by atoms with Crippen molar-refractivity contribution in [3.8, 4) is 5.75 Å². The standard InChI is InChI=1S/C19H22N2O4S/c22-17-9-5-15(6-10-17)3-1-13-20-26(24,25)18-11-7-16(8-12-18)21-14-2-4-19(21)23/h5-12,20,22H,1-4,13-14H2. The molecule has 0 atom stereocenters. The van der Waals surface area contributed by atoms with Crippen LogP contribution in [0.15, 0.2) is 53.4 Å². The molecule has 6 nitrogen and oxygen atoms in total. The van der Waals surface area contributed by atoms with Crippen LogP contribution >= 0.6 is 0 Å². The number of amides is 1. The fraction of sp³-hybridized carbons (Fsp3) is 0.316. The van der Waals surface area contributed by atoms with Crippen molar-refractivity contribution in [3.63, 3.8) is 0 Å². The molecule has 138 valence electrons. The predicted molar refractivity (Wildman–Crippen MR) is 99.6 cm³/mol. The molecule has 0 radical (unpaired) electrons. The summed E-state index contributed by atoms with van der Waals surface area (Å²) in [5.74, 6) is 0.293. The molecule has 2 aromatic carbocycles. The SMILES string of the molecule is O=C1CCCN1c1ccc(S(=O)(=O)NCCCc2ccc(O)cc2)cc1. The summed E-state index contributed by atoms with van der Waals surface area (Å²) in [7, 11) is -3.57. The Balaban J connectivity index is 1.54. The van der Waals surface area contributed by atoms with E-state index in [1.807, 2.05) is 12.1 Å². The molecule has 7 heteroatoms. The highest BCUT2D eigenvalue weighted by molar-refractivity contribution is 7.89.